The summed E-state index contributed by atoms with van der Waals surface area (Å²) in [5.74, 6) is 0.0622. The maximum Gasteiger partial charge on any atom is 0.241 e. The first-order chi connectivity index (χ1) is 11.5. The second-order valence-electron chi connectivity index (χ2n) is 6.39. The fourth-order valence-electron chi connectivity index (χ4n) is 3.00. The van der Waals surface area contributed by atoms with Crippen molar-refractivity contribution in [2.45, 2.75) is 37.5 Å². The highest BCUT2D eigenvalue weighted by Gasteiger charge is 2.24. The van der Waals surface area contributed by atoms with Gasteiger partial charge in [0.1, 0.15) is 0 Å². The van der Waals surface area contributed by atoms with Gasteiger partial charge < -0.3 is 15.4 Å². The smallest absolute Gasteiger partial charge is 0.241 e. The molecule has 3 rings (SSSR count). The Morgan fingerprint density at radius 3 is 2.84 bits per heavy atom. The molecule has 2 heterocycles. The van der Waals surface area contributed by atoms with Gasteiger partial charge in [0.05, 0.1) is 24.7 Å². The van der Waals surface area contributed by atoms with Crippen LogP contribution in [0.15, 0.2) is 23.1 Å². The minimum atomic E-state index is -3.71. The Morgan fingerprint density at radius 2 is 2.08 bits per heavy atom. The summed E-state index contributed by atoms with van der Waals surface area (Å²) in [6.07, 6.45) is 0.994. The molecular weight excluding hydrogens is 366 g/mol. The van der Waals surface area contributed by atoms with Crippen LogP contribution in [0, 0.1) is 5.92 Å². The molecule has 1 amide bonds. The Morgan fingerprint density at radius 1 is 1.32 bits per heavy atom. The molecule has 2 aliphatic heterocycles. The molecule has 0 spiro atoms. The van der Waals surface area contributed by atoms with Crippen LogP contribution in [0.25, 0.3) is 0 Å². The summed E-state index contributed by atoms with van der Waals surface area (Å²) in [5, 5.41) is 6.11. The zero-order chi connectivity index (χ0) is 17.2. The Labute approximate surface area is 154 Å². The number of halogens is 1. The molecule has 2 aliphatic rings. The number of hydrogen-bond donors (Lipinski definition) is 3. The zero-order valence-corrected chi connectivity index (χ0v) is 15.7. The number of carbonyl (C=O) groups is 1. The van der Waals surface area contributed by atoms with Crippen LogP contribution in [0.3, 0.4) is 0 Å². The minimum Gasteiger partial charge on any atom is -0.372 e. The molecule has 0 bridgehead atoms. The topological polar surface area (TPSA) is 96.5 Å². The van der Waals surface area contributed by atoms with Crippen molar-refractivity contribution < 1.29 is 17.9 Å². The molecule has 2 atom stereocenters. The van der Waals surface area contributed by atoms with Crippen LogP contribution in [0.1, 0.15) is 24.5 Å². The molecule has 1 fully saturated rings. The predicted octanol–water partition coefficient (Wildman–Crippen LogP) is 0.531. The maximum atomic E-state index is 12.3. The number of ether oxygens (including phenoxy) is 1. The van der Waals surface area contributed by atoms with Crippen LogP contribution in [0.2, 0.25) is 0 Å². The van der Waals surface area contributed by atoms with Crippen molar-refractivity contribution in [3.63, 3.8) is 0 Å². The zero-order valence-electron chi connectivity index (χ0n) is 14.1. The third kappa shape index (κ3) is 4.92. The molecule has 7 nitrogen and oxygen atoms in total. The Kier molecular flexibility index (Phi) is 6.81. The lowest BCUT2D eigenvalue weighted by molar-refractivity contribution is -0.121. The van der Waals surface area contributed by atoms with Crippen LogP contribution in [-0.2, 0) is 32.8 Å². The standard InChI is InChI=1S/C16H23N3O4S.ClH/c1-11-4-5-17-7-15(11)19-16(20)8-18-24(21,22)14-3-2-12-9-23-10-13(12)6-14;/h2-3,6,11,15,17-18H,4-5,7-10H2,1H3,(H,19,20);1H. The summed E-state index contributed by atoms with van der Waals surface area (Å²) in [6, 6.07) is 4.94. The molecule has 1 saturated heterocycles. The molecule has 25 heavy (non-hydrogen) atoms. The van der Waals surface area contributed by atoms with Crippen molar-refractivity contribution >= 4 is 28.3 Å². The number of nitrogens with one attached hydrogen (secondary N) is 3. The lowest BCUT2D eigenvalue weighted by Gasteiger charge is -2.30. The van der Waals surface area contributed by atoms with E-state index in [0.717, 1.165) is 24.1 Å². The van der Waals surface area contributed by atoms with Crippen molar-refractivity contribution in [1.29, 1.82) is 0 Å². The molecule has 0 aliphatic carbocycles. The quantitative estimate of drug-likeness (QED) is 0.682. The van der Waals surface area contributed by atoms with Gasteiger partial charge in [-0.15, -0.1) is 12.4 Å². The fourth-order valence-corrected chi connectivity index (χ4v) is 4.03. The molecule has 2 unspecified atom stereocenters. The van der Waals surface area contributed by atoms with E-state index in [-0.39, 0.29) is 35.8 Å². The molecule has 9 heteroatoms. The van der Waals surface area contributed by atoms with Gasteiger partial charge in [-0.1, -0.05) is 13.0 Å². The molecule has 3 N–H and O–H groups in total. The number of hydrogen-bond acceptors (Lipinski definition) is 5. The lowest BCUT2D eigenvalue weighted by Crippen LogP contribution is -2.52. The number of carbonyl (C=O) groups excluding carboxylic acids is 1. The number of rotatable bonds is 5. The third-order valence-electron chi connectivity index (χ3n) is 4.60. The van der Waals surface area contributed by atoms with Gasteiger partial charge >= 0.3 is 0 Å². The number of benzene rings is 1. The number of sulfonamides is 1. The minimum absolute atomic E-state index is 0. The van der Waals surface area contributed by atoms with Crippen LogP contribution in [0.5, 0.6) is 0 Å². The van der Waals surface area contributed by atoms with Gasteiger partial charge in [0, 0.05) is 12.6 Å². The van der Waals surface area contributed by atoms with Gasteiger partial charge in [-0.05, 0) is 42.1 Å². The average Bonchev–Trinajstić information content (AvgIpc) is 3.03. The first-order valence-electron chi connectivity index (χ1n) is 8.15. The molecule has 1 aromatic rings. The van der Waals surface area contributed by atoms with E-state index in [1.54, 1.807) is 18.2 Å². The summed E-state index contributed by atoms with van der Waals surface area (Å²) in [6.45, 7) is 4.42. The van der Waals surface area contributed by atoms with Gasteiger partial charge in [-0.2, -0.15) is 0 Å². The van der Waals surface area contributed by atoms with Crippen molar-refractivity contribution in [2.24, 2.45) is 5.92 Å². The van der Waals surface area contributed by atoms with Gasteiger partial charge in [0.15, 0.2) is 0 Å². The van der Waals surface area contributed by atoms with Crippen molar-refractivity contribution in [3.8, 4) is 0 Å². The van der Waals surface area contributed by atoms with Gasteiger partial charge in [-0.3, -0.25) is 4.79 Å². The van der Waals surface area contributed by atoms with Gasteiger partial charge in [0.2, 0.25) is 15.9 Å². The van der Waals surface area contributed by atoms with Crippen LogP contribution >= 0.6 is 12.4 Å². The van der Waals surface area contributed by atoms with E-state index in [9.17, 15) is 13.2 Å². The highest BCUT2D eigenvalue weighted by atomic mass is 35.5. The van der Waals surface area contributed by atoms with Crippen LogP contribution in [-0.4, -0.2) is 40.0 Å². The molecule has 0 saturated carbocycles. The molecule has 0 aromatic heterocycles. The number of fused-ring (bicyclic) bond motifs is 1. The Balaban J connectivity index is 0.00000225. The van der Waals surface area contributed by atoms with E-state index in [1.165, 1.54) is 0 Å². The Hall–Kier alpha value is -1.19. The van der Waals surface area contributed by atoms with Gasteiger partial charge in [-0.25, -0.2) is 13.1 Å². The van der Waals surface area contributed by atoms with Crippen molar-refractivity contribution in [3.05, 3.63) is 29.3 Å². The Bertz CT molecular complexity index is 726. The summed E-state index contributed by atoms with van der Waals surface area (Å²) >= 11 is 0. The van der Waals surface area contributed by atoms with E-state index in [4.69, 9.17) is 4.74 Å². The van der Waals surface area contributed by atoms with Crippen molar-refractivity contribution in [1.82, 2.24) is 15.4 Å². The first kappa shape index (κ1) is 20.1. The van der Waals surface area contributed by atoms with Crippen LogP contribution in [0.4, 0.5) is 0 Å². The number of amides is 1. The lowest BCUT2D eigenvalue weighted by atomic mass is 9.95. The van der Waals surface area contributed by atoms with E-state index < -0.39 is 10.0 Å². The summed E-state index contributed by atoms with van der Waals surface area (Å²) in [5.41, 5.74) is 1.88. The van der Waals surface area contributed by atoms with Gasteiger partial charge in [0.25, 0.3) is 0 Å². The van der Waals surface area contributed by atoms with Crippen molar-refractivity contribution in [2.75, 3.05) is 19.6 Å². The SMILES string of the molecule is CC1CCNCC1NC(=O)CNS(=O)(=O)c1ccc2c(c1)COC2.Cl. The fraction of sp³-hybridized carbons (Fsp3) is 0.562. The predicted molar refractivity (Wildman–Crippen MR) is 96.0 cm³/mol. The summed E-state index contributed by atoms with van der Waals surface area (Å²) < 4.78 is 32.4. The van der Waals surface area contributed by atoms with E-state index >= 15 is 0 Å². The highest BCUT2D eigenvalue weighted by Crippen LogP contribution is 2.22. The molecule has 1 aromatic carbocycles. The van der Waals surface area contributed by atoms with E-state index in [0.29, 0.717) is 25.7 Å². The van der Waals surface area contributed by atoms with E-state index in [1.807, 2.05) is 0 Å². The normalized spacial score (nSPS) is 22.8. The average molecular weight is 390 g/mol. The molecule has 140 valence electrons. The van der Waals surface area contributed by atoms with E-state index in [2.05, 4.69) is 22.3 Å². The molecular formula is C16H24ClN3O4S. The van der Waals surface area contributed by atoms with Crippen LogP contribution < -0.4 is 15.4 Å². The second kappa shape index (κ2) is 8.46. The highest BCUT2D eigenvalue weighted by molar-refractivity contribution is 7.89. The largest absolute Gasteiger partial charge is 0.372 e. The summed E-state index contributed by atoms with van der Waals surface area (Å²) in [7, 11) is -3.71. The third-order valence-corrected chi connectivity index (χ3v) is 6.00. The number of piperidine rings is 1. The maximum absolute atomic E-state index is 12.3. The summed E-state index contributed by atoms with van der Waals surface area (Å²) in [4.78, 5) is 12.2. The monoisotopic (exact) mass is 389 g/mol. The molecule has 0 radical (unpaired) electrons. The second-order valence-corrected chi connectivity index (χ2v) is 8.16. The first-order valence-corrected chi connectivity index (χ1v) is 9.63.